The van der Waals surface area contributed by atoms with Gasteiger partial charge in [0.15, 0.2) is 0 Å². The Bertz CT molecular complexity index is 1760. The van der Waals surface area contributed by atoms with Crippen LogP contribution in [0.25, 0.3) is 32.8 Å². The smallest absolute Gasteiger partial charge is 0.319 e. The highest BCUT2D eigenvalue weighted by Gasteiger charge is 2.49. The Morgan fingerprint density at radius 2 is 1.86 bits per heavy atom. The normalized spacial score (nSPS) is 22.6. The van der Waals surface area contributed by atoms with Crippen LogP contribution in [0.1, 0.15) is 56.1 Å². The van der Waals surface area contributed by atoms with Gasteiger partial charge in [-0.25, -0.2) is 8.78 Å². The Balaban J connectivity index is 1.38. The predicted molar refractivity (Wildman–Crippen MR) is 166 cm³/mol. The molecule has 2 unspecified atom stereocenters. The summed E-state index contributed by atoms with van der Waals surface area (Å²) in [6.45, 7) is 5.47. The van der Waals surface area contributed by atoms with E-state index < -0.39 is 12.0 Å². The molecule has 0 spiro atoms. The van der Waals surface area contributed by atoms with Gasteiger partial charge < -0.3 is 14.7 Å². The summed E-state index contributed by atoms with van der Waals surface area (Å²) >= 11 is 0. The van der Waals surface area contributed by atoms with Crippen molar-refractivity contribution in [3.8, 4) is 35.2 Å². The molecule has 7 rings (SSSR count). The molecular formula is C35H36F2N4O2. The van der Waals surface area contributed by atoms with Crippen LogP contribution in [-0.4, -0.2) is 64.5 Å². The lowest BCUT2D eigenvalue weighted by Crippen LogP contribution is -2.43. The Labute approximate surface area is 250 Å². The summed E-state index contributed by atoms with van der Waals surface area (Å²) in [6.07, 6.45) is 11.9. The van der Waals surface area contributed by atoms with Gasteiger partial charge in [-0.15, -0.1) is 6.42 Å². The van der Waals surface area contributed by atoms with Crippen LogP contribution < -0.4 is 9.64 Å². The molecule has 6 nitrogen and oxygen atoms in total. The Kier molecular flexibility index (Phi) is 7.09. The van der Waals surface area contributed by atoms with Crippen LogP contribution in [-0.2, 0) is 0 Å². The first-order valence-corrected chi connectivity index (χ1v) is 15.4. The third-order valence-electron chi connectivity index (χ3n) is 9.70. The van der Waals surface area contributed by atoms with E-state index in [2.05, 4.69) is 15.7 Å². The van der Waals surface area contributed by atoms with Crippen LogP contribution in [0, 0.1) is 25.1 Å². The number of nitrogens with zero attached hydrogens (tertiary/aromatic N) is 4. The second-order valence-corrected chi connectivity index (χ2v) is 12.4. The van der Waals surface area contributed by atoms with Crippen molar-refractivity contribution in [1.29, 1.82) is 0 Å². The number of rotatable bonds is 5. The Morgan fingerprint density at radius 3 is 2.65 bits per heavy atom. The molecule has 0 aliphatic carbocycles. The third-order valence-corrected chi connectivity index (χ3v) is 9.70. The first kappa shape index (κ1) is 27.8. The van der Waals surface area contributed by atoms with E-state index in [1.807, 2.05) is 19.1 Å². The van der Waals surface area contributed by atoms with Crippen molar-refractivity contribution in [1.82, 2.24) is 14.9 Å². The molecule has 4 aromatic rings. The number of anilines is 1. The molecule has 3 aliphatic rings. The number of aryl methyl sites for hydroxylation is 1. The molecule has 0 saturated carbocycles. The fraction of sp³-hybridized carbons (Fsp3) is 0.429. The van der Waals surface area contributed by atoms with Crippen molar-refractivity contribution in [2.45, 2.75) is 63.6 Å². The summed E-state index contributed by atoms with van der Waals surface area (Å²) in [5, 5.41) is 12.8. The summed E-state index contributed by atoms with van der Waals surface area (Å²) in [7, 11) is 0. The van der Waals surface area contributed by atoms with Crippen LogP contribution in [0.3, 0.4) is 0 Å². The van der Waals surface area contributed by atoms with E-state index in [1.54, 1.807) is 18.2 Å². The van der Waals surface area contributed by atoms with Gasteiger partial charge in [0, 0.05) is 36.8 Å². The van der Waals surface area contributed by atoms with Gasteiger partial charge in [0.1, 0.15) is 30.2 Å². The average Bonchev–Trinajstić information content (AvgIpc) is 3.37. The number of benzene rings is 3. The largest absolute Gasteiger partial charge is 0.508 e. The first-order valence-electron chi connectivity index (χ1n) is 15.4. The highest BCUT2D eigenvalue weighted by Crippen LogP contribution is 2.42. The molecule has 0 radical (unpaired) electrons. The zero-order valence-corrected chi connectivity index (χ0v) is 24.5. The van der Waals surface area contributed by atoms with E-state index in [0.29, 0.717) is 35.9 Å². The molecule has 4 heterocycles. The van der Waals surface area contributed by atoms with Crippen LogP contribution in [0.15, 0.2) is 36.4 Å². The van der Waals surface area contributed by atoms with Crippen LogP contribution >= 0.6 is 0 Å². The third kappa shape index (κ3) is 4.84. The molecular weight excluding hydrogens is 546 g/mol. The molecule has 1 N–H and O–H groups in total. The minimum atomic E-state index is -0.839. The fourth-order valence-electron chi connectivity index (χ4n) is 7.60. The topological polar surface area (TPSA) is 61.7 Å². The molecule has 0 bridgehead atoms. The lowest BCUT2D eigenvalue weighted by atomic mass is 9.91. The highest BCUT2D eigenvalue weighted by molar-refractivity contribution is 6.05. The highest BCUT2D eigenvalue weighted by atomic mass is 19.1. The number of ether oxygens (including phenoxy) is 1. The van der Waals surface area contributed by atoms with E-state index >= 15 is 0 Å². The standard InChI is InChI=1S/C35H36F2N4O2/c1-3-26-30(37)12-9-23-17-25(42)18-29(31(23)26)27-10-11-28-32(22(27)2)38-34(39-33(28)40-14-6-4-5-7-15-40)43-21-35-13-8-16-41(35)20-24(36)19-35/h1,9-12,17-18,24,42H,4-8,13-16,19-21H2,2H3. The number of terminal acetylenes is 1. The average molecular weight is 583 g/mol. The Hall–Kier alpha value is -3.96. The minimum Gasteiger partial charge on any atom is -0.508 e. The van der Waals surface area contributed by atoms with Crippen molar-refractivity contribution in [2.24, 2.45) is 0 Å². The number of aromatic nitrogens is 2. The number of hydrogen-bond donors (Lipinski definition) is 1. The van der Waals surface area contributed by atoms with E-state index in [4.69, 9.17) is 21.1 Å². The van der Waals surface area contributed by atoms with Crippen LogP contribution in [0.4, 0.5) is 14.6 Å². The maximum absolute atomic E-state index is 14.9. The number of alkyl halides is 1. The Morgan fingerprint density at radius 1 is 1.05 bits per heavy atom. The molecule has 3 fully saturated rings. The number of aromatic hydroxyl groups is 1. The van der Waals surface area contributed by atoms with Gasteiger partial charge in [-0.3, -0.25) is 4.90 Å². The maximum Gasteiger partial charge on any atom is 0.319 e. The number of fused-ring (bicyclic) bond motifs is 3. The number of phenolic OH excluding ortho intramolecular Hbond substituents is 1. The molecule has 1 aromatic heterocycles. The fourth-order valence-corrected chi connectivity index (χ4v) is 7.60. The number of hydrogen-bond acceptors (Lipinski definition) is 6. The summed E-state index contributed by atoms with van der Waals surface area (Å²) in [6, 6.07) is 10.5. The van der Waals surface area contributed by atoms with Gasteiger partial charge in [0.05, 0.1) is 16.6 Å². The molecule has 3 aliphatic heterocycles. The summed E-state index contributed by atoms with van der Waals surface area (Å²) in [5.41, 5.74) is 2.86. The lowest BCUT2D eigenvalue weighted by Gasteiger charge is -2.31. The van der Waals surface area contributed by atoms with Crippen molar-refractivity contribution in [2.75, 3.05) is 37.7 Å². The van der Waals surface area contributed by atoms with E-state index in [0.717, 1.165) is 73.2 Å². The van der Waals surface area contributed by atoms with E-state index in [9.17, 15) is 13.9 Å². The van der Waals surface area contributed by atoms with Gasteiger partial charge in [-0.2, -0.15) is 9.97 Å². The molecule has 0 amide bonds. The van der Waals surface area contributed by atoms with Gasteiger partial charge in [-0.05, 0) is 85.5 Å². The SMILES string of the molecule is C#Cc1c(F)ccc2cc(O)cc(-c3ccc4c(N5CCCCCC5)nc(OCC56CCCN5CC(F)C6)nc4c3C)c12. The molecule has 3 saturated heterocycles. The van der Waals surface area contributed by atoms with Gasteiger partial charge >= 0.3 is 6.01 Å². The van der Waals surface area contributed by atoms with Gasteiger partial charge in [0.2, 0.25) is 0 Å². The molecule has 43 heavy (non-hydrogen) atoms. The summed E-state index contributed by atoms with van der Waals surface area (Å²) < 4.78 is 35.7. The quantitative estimate of drug-likeness (QED) is 0.258. The first-order chi connectivity index (χ1) is 20.9. The molecule has 8 heteroatoms. The molecule has 2 atom stereocenters. The number of halogens is 2. The minimum absolute atomic E-state index is 0.0663. The van der Waals surface area contributed by atoms with E-state index in [-0.39, 0.29) is 22.9 Å². The predicted octanol–water partition coefficient (Wildman–Crippen LogP) is 6.92. The monoisotopic (exact) mass is 582 g/mol. The summed E-state index contributed by atoms with van der Waals surface area (Å²) in [4.78, 5) is 14.5. The van der Waals surface area contributed by atoms with Crippen LogP contribution in [0.5, 0.6) is 11.8 Å². The lowest BCUT2D eigenvalue weighted by molar-refractivity contribution is 0.107. The van der Waals surface area contributed by atoms with E-state index in [1.165, 1.54) is 18.9 Å². The zero-order valence-electron chi connectivity index (χ0n) is 24.5. The van der Waals surface area contributed by atoms with Crippen molar-refractivity contribution in [3.05, 3.63) is 53.3 Å². The molecule has 3 aromatic carbocycles. The maximum atomic E-state index is 14.9. The van der Waals surface area contributed by atoms with Crippen molar-refractivity contribution < 1.29 is 18.6 Å². The van der Waals surface area contributed by atoms with Crippen molar-refractivity contribution >= 4 is 27.5 Å². The summed E-state index contributed by atoms with van der Waals surface area (Å²) in [5.74, 6) is 2.94. The second kappa shape index (κ2) is 10.9. The molecule has 222 valence electrons. The zero-order chi connectivity index (χ0) is 29.7. The second-order valence-electron chi connectivity index (χ2n) is 12.4. The van der Waals surface area contributed by atoms with Gasteiger partial charge in [-0.1, -0.05) is 30.9 Å². The van der Waals surface area contributed by atoms with Gasteiger partial charge in [0.25, 0.3) is 0 Å². The van der Waals surface area contributed by atoms with Crippen molar-refractivity contribution in [3.63, 3.8) is 0 Å². The van der Waals surface area contributed by atoms with Crippen LogP contribution in [0.2, 0.25) is 0 Å². The number of phenols is 1.